The Labute approximate surface area is 136 Å². The van der Waals surface area contributed by atoms with Crippen LogP contribution in [0.15, 0.2) is 46.4 Å². The summed E-state index contributed by atoms with van der Waals surface area (Å²) in [5, 5.41) is 19.8. The average molecular weight is 310 g/mol. The highest BCUT2D eigenvalue weighted by Crippen LogP contribution is 2.29. The highest BCUT2D eigenvalue weighted by molar-refractivity contribution is 6.04. The fourth-order valence-electron chi connectivity index (χ4n) is 2.32. The highest BCUT2D eigenvalue weighted by Gasteiger charge is 2.04. The van der Waals surface area contributed by atoms with Crippen molar-refractivity contribution in [3.8, 4) is 11.5 Å². The van der Waals surface area contributed by atoms with Crippen LogP contribution in [0.4, 0.5) is 11.4 Å². The summed E-state index contributed by atoms with van der Waals surface area (Å²) in [6, 6.07) is 10.8. The van der Waals surface area contributed by atoms with Crippen LogP contribution in [0.5, 0.6) is 11.5 Å². The van der Waals surface area contributed by atoms with Gasteiger partial charge in [-0.2, -0.15) is 0 Å². The van der Waals surface area contributed by atoms with Crippen LogP contribution in [0.1, 0.15) is 31.4 Å². The summed E-state index contributed by atoms with van der Waals surface area (Å²) in [5.41, 5.74) is 4.78. The lowest BCUT2D eigenvalue weighted by molar-refractivity contribution is 0.476. The molecule has 4 nitrogen and oxygen atoms in total. The van der Waals surface area contributed by atoms with Crippen molar-refractivity contribution < 1.29 is 10.2 Å². The van der Waals surface area contributed by atoms with Crippen LogP contribution < -0.4 is 0 Å². The molecule has 0 bridgehead atoms. The Hall–Kier alpha value is -2.62. The van der Waals surface area contributed by atoms with Gasteiger partial charge in [-0.05, 0) is 63.1 Å². The Morgan fingerprint density at radius 3 is 1.52 bits per heavy atom. The third-order valence-electron chi connectivity index (χ3n) is 3.40. The van der Waals surface area contributed by atoms with E-state index in [1.165, 1.54) is 0 Å². The van der Waals surface area contributed by atoms with Gasteiger partial charge in [-0.3, -0.25) is 9.98 Å². The molecule has 2 aromatic carbocycles. The van der Waals surface area contributed by atoms with Crippen LogP contribution in [0.2, 0.25) is 0 Å². The lowest BCUT2D eigenvalue weighted by Crippen LogP contribution is -2.00. The molecule has 2 aromatic rings. The van der Waals surface area contributed by atoms with E-state index in [4.69, 9.17) is 0 Å². The minimum Gasteiger partial charge on any atom is -0.506 e. The van der Waals surface area contributed by atoms with Gasteiger partial charge in [0, 0.05) is 17.8 Å². The highest BCUT2D eigenvalue weighted by atomic mass is 16.3. The Morgan fingerprint density at radius 2 is 1.17 bits per heavy atom. The topological polar surface area (TPSA) is 65.2 Å². The zero-order valence-electron chi connectivity index (χ0n) is 14.0. The maximum atomic E-state index is 9.90. The summed E-state index contributed by atoms with van der Waals surface area (Å²) in [7, 11) is 0. The van der Waals surface area contributed by atoms with E-state index in [1.807, 2.05) is 39.8 Å². The zero-order chi connectivity index (χ0) is 17.0. The van der Waals surface area contributed by atoms with E-state index in [1.54, 1.807) is 24.3 Å². The number of hydrogen-bond donors (Lipinski definition) is 2. The van der Waals surface area contributed by atoms with Crippen molar-refractivity contribution in [1.82, 2.24) is 0 Å². The van der Waals surface area contributed by atoms with Crippen LogP contribution in [0, 0.1) is 13.8 Å². The first-order valence-corrected chi connectivity index (χ1v) is 7.52. The van der Waals surface area contributed by atoms with E-state index in [-0.39, 0.29) is 11.5 Å². The predicted molar refractivity (Wildman–Crippen MR) is 95.8 cm³/mol. The molecule has 0 aliphatic carbocycles. The molecule has 0 fully saturated rings. The quantitative estimate of drug-likeness (QED) is 0.781. The first kappa shape index (κ1) is 16.7. The lowest BCUT2D eigenvalue weighted by Gasteiger charge is -2.05. The zero-order valence-corrected chi connectivity index (χ0v) is 14.0. The molecule has 0 amide bonds. The number of benzene rings is 2. The molecule has 120 valence electrons. The van der Waals surface area contributed by atoms with E-state index in [9.17, 15) is 10.2 Å². The van der Waals surface area contributed by atoms with Gasteiger partial charge >= 0.3 is 0 Å². The van der Waals surface area contributed by atoms with Crippen molar-refractivity contribution in [3.05, 3.63) is 47.5 Å². The second-order valence-electron chi connectivity index (χ2n) is 5.86. The van der Waals surface area contributed by atoms with Crippen molar-refractivity contribution in [2.45, 2.75) is 34.1 Å². The van der Waals surface area contributed by atoms with Crippen LogP contribution in [0.3, 0.4) is 0 Å². The van der Waals surface area contributed by atoms with Gasteiger partial charge in [0.25, 0.3) is 0 Å². The summed E-state index contributed by atoms with van der Waals surface area (Å²) in [6.45, 7) is 7.64. The molecule has 0 atom stereocenters. The molecule has 0 saturated carbocycles. The monoisotopic (exact) mass is 310 g/mol. The number of rotatable bonds is 4. The second kappa shape index (κ2) is 7.09. The van der Waals surface area contributed by atoms with E-state index >= 15 is 0 Å². The molecule has 4 heteroatoms. The Morgan fingerprint density at radius 1 is 0.783 bits per heavy atom. The molecule has 0 unspecified atom stereocenters. The lowest BCUT2D eigenvalue weighted by atomic mass is 10.1. The summed E-state index contributed by atoms with van der Waals surface area (Å²) in [5.74, 6) is 0.352. The molecule has 0 saturated heterocycles. The van der Waals surface area contributed by atoms with Gasteiger partial charge in [0.05, 0.1) is 0 Å². The summed E-state index contributed by atoms with van der Waals surface area (Å²) >= 11 is 0. The molecule has 23 heavy (non-hydrogen) atoms. The van der Waals surface area contributed by atoms with E-state index in [2.05, 4.69) is 9.98 Å². The molecule has 0 spiro atoms. The number of aliphatic imine (C=N–C) groups is 2. The number of nitrogens with zero attached hydrogens (tertiary/aromatic N) is 2. The van der Waals surface area contributed by atoms with E-state index in [0.29, 0.717) is 17.8 Å². The second-order valence-corrected chi connectivity index (χ2v) is 5.86. The smallest absolute Gasteiger partial charge is 0.141 e. The number of phenols is 2. The van der Waals surface area contributed by atoms with Crippen molar-refractivity contribution in [1.29, 1.82) is 0 Å². The van der Waals surface area contributed by atoms with Gasteiger partial charge in [0.15, 0.2) is 0 Å². The molecule has 2 N–H and O–H groups in total. The van der Waals surface area contributed by atoms with Gasteiger partial charge < -0.3 is 10.2 Å². The Balaban J connectivity index is 2.16. The first-order chi connectivity index (χ1) is 10.8. The Bertz CT molecular complexity index is 711. The van der Waals surface area contributed by atoms with Crippen molar-refractivity contribution in [2.24, 2.45) is 9.98 Å². The minimum atomic E-state index is 0.176. The molecule has 2 rings (SSSR count). The van der Waals surface area contributed by atoms with E-state index in [0.717, 1.165) is 22.6 Å². The fourth-order valence-corrected chi connectivity index (χ4v) is 2.32. The molecule has 0 aliphatic rings. The summed E-state index contributed by atoms with van der Waals surface area (Å²) in [4.78, 5) is 8.88. The first-order valence-electron chi connectivity index (χ1n) is 7.52. The molecule has 0 aliphatic heterocycles. The molecular formula is C19H22N2O2. The van der Waals surface area contributed by atoms with Crippen LogP contribution in [-0.2, 0) is 0 Å². The van der Waals surface area contributed by atoms with Gasteiger partial charge in [-0.1, -0.05) is 12.1 Å². The summed E-state index contributed by atoms with van der Waals surface area (Å²) < 4.78 is 0. The summed E-state index contributed by atoms with van der Waals surface area (Å²) in [6.07, 6.45) is 0.570. The Kier molecular flexibility index (Phi) is 5.16. The minimum absolute atomic E-state index is 0.176. The molecular weight excluding hydrogens is 288 g/mol. The average Bonchev–Trinajstić information content (AvgIpc) is 2.45. The number of hydrogen-bond acceptors (Lipinski definition) is 4. The number of phenolic OH excluding ortho intramolecular Hbond substituents is 2. The third kappa shape index (κ3) is 4.68. The van der Waals surface area contributed by atoms with Crippen LogP contribution >= 0.6 is 0 Å². The normalized spacial score (nSPS) is 12.5. The van der Waals surface area contributed by atoms with Crippen LogP contribution in [0.25, 0.3) is 0 Å². The van der Waals surface area contributed by atoms with Crippen molar-refractivity contribution >= 4 is 22.8 Å². The SMILES string of the molecule is CC(CC(C)=Nc1ccc(C)cc1O)=Nc1ccc(C)cc1O. The maximum absolute atomic E-state index is 9.90. The van der Waals surface area contributed by atoms with Gasteiger partial charge in [-0.25, -0.2) is 0 Å². The predicted octanol–water partition coefficient (Wildman–Crippen LogP) is 4.99. The third-order valence-corrected chi connectivity index (χ3v) is 3.40. The number of aromatic hydroxyl groups is 2. The van der Waals surface area contributed by atoms with Gasteiger partial charge in [0.1, 0.15) is 22.9 Å². The largest absolute Gasteiger partial charge is 0.506 e. The maximum Gasteiger partial charge on any atom is 0.141 e. The van der Waals surface area contributed by atoms with Crippen LogP contribution in [-0.4, -0.2) is 21.6 Å². The fraction of sp³-hybridized carbons (Fsp3) is 0.263. The van der Waals surface area contributed by atoms with E-state index < -0.39 is 0 Å². The molecule has 0 aromatic heterocycles. The molecule has 0 radical (unpaired) electrons. The van der Waals surface area contributed by atoms with Gasteiger partial charge in [-0.15, -0.1) is 0 Å². The molecule has 0 heterocycles. The number of aryl methyl sites for hydroxylation is 2. The van der Waals surface area contributed by atoms with Crippen molar-refractivity contribution in [2.75, 3.05) is 0 Å². The van der Waals surface area contributed by atoms with Gasteiger partial charge in [0.2, 0.25) is 0 Å². The standard InChI is InChI=1S/C19H22N2O2/c1-12-5-7-16(18(22)9-12)20-14(3)11-15(4)21-17-8-6-13(2)10-19(17)23/h5-10,22-23H,11H2,1-4H3. The van der Waals surface area contributed by atoms with Crippen molar-refractivity contribution in [3.63, 3.8) is 0 Å².